The number of aromatic nitrogens is 2. The summed E-state index contributed by atoms with van der Waals surface area (Å²) < 4.78 is 1.16. The summed E-state index contributed by atoms with van der Waals surface area (Å²) in [6, 6.07) is 17.2. The highest BCUT2D eigenvalue weighted by atomic mass is 32.1. The zero-order valence-electron chi connectivity index (χ0n) is 14.5. The van der Waals surface area contributed by atoms with Gasteiger partial charge in [-0.05, 0) is 34.4 Å². The van der Waals surface area contributed by atoms with Gasteiger partial charge in [0.1, 0.15) is 11.2 Å². The number of rotatable bonds is 3. The van der Waals surface area contributed by atoms with Gasteiger partial charge in [0.15, 0.2) is 0 Å². The predicted molar refractivity (Wildman–Crippen MR) is 115 cm³/mol. The van der Waals surface area contributed by atoms with Gasteiger partial charge in [0.25, 0.3) is 11.5 Å². The van der Waals surface area contributed by atoms with Crippen LogP contribution in [-0.2, 0) is 0 Å². The third-order valence-corrected chi connectivity index (χ3v) is 6.30. The van der Waals surface area contributed by atoms with E-state index in [1.807, 2.05) is 59.3 Å². The highest BCUT2D eigenvalue weighted by Gasteiger charge is 2.15. The molecule has 0 aliphatic heterocycles. The second-order valence-electron chi connectivity index (χ2n) is 6.23. The fraction of sp³-hybridized carbons (Fsp3) is 0. The van der Waals surface area contributed by atoms with Crippen molar-refractivity contribution in [3.63, 3.8) is 0 Å². The molecule has 0 aliphatic rings. The Labute approximate surface area is 167 Å². The number of thiophene rings is 2. The van der Waals surface area contributed by atoms with Gasteiger partial charge in [-0.25, -0.2) is 9.66 Å². The number of nitrogens with one attached hydrogen (secondary N) is 1. The predicted octanol–water partition coefficient (Wildman–Crippen LogP) is 4.72. The van der Waals surface area contributed by atoms with Crippen LogP contribution in [0.3, 0.4) is 0 Å². The lowest BCUT2D eigenvalue weighted by molar-refractivity contribution is 0.101. The summed E-state index contributed by atoms with van der Waals surface area (Å²) in [7, 11) is 0. The molecule has 2 aromatic carbocycles. The number of amides is 1. The van der Waals surface area contributed by atoms with E-state index in [4.69, 9.17) is 0 Å². The Bertz CT molecular complexity index is 1380. The summed E-state index contributed by atoms with van der Waals surface area (Å²) >= 11 is 2.99. The van der Waals surface area contributed by atoms with Crippen LogP contribution in [0.1, 0.15) is 10.4 Å². The van der Waals surface area contributed by atoms with Crippen LogP contribution in [0.5, 0.6) is 0 Å². The van der Waals surface area contributed by atoms with Crippen molar-refractivity contribution in [2.45, 2.75) is 0 Å². The van der Waals surface area contributed by atoms with Crippen LogP contribution in [-0.4, -0.2) is 15.6 Å². The standard InChI is InChI=1S/C21H13N3O2S2/c25-19(15-8-7-13-4-1-2-5-14(13)10-15)23-24-12-22-20-18(21(24)26)16(11-28-20)17-6-3-9-27-17/h1-12H,(H,23,25). The summed E-state index contributed by atoms with van der Waals surface area (Å²) in [5.74, 6) is -0.359. The maximum atomic E-state index is 13.0. The molecule has 0 saturated heterocycles. The van der Waals surface area contributed by atoms with E-state index >= 15 is 0 Å². The van der Waals surface area contributed by atoms with Gasteiger partial charge in [-0.2, -0.15) is 0 Å². The number of carbonyl (C=O) groups excluding carboxylic acids is 1. The first-order valence-electron chi connectivity index (χ1n) is 8.53. The van der Waals surface area contributed by atoms with E-state index in [0.717, 1.165) is 25.9 Å². The van der Waals surface area contributed by atoms with E-state index in [2.05, 4.69) is 10.4 Å². The Hall–Kier alpha value is -3.29. The van der Waals surface area contributed by atoms with Gasteiger partial charge in [0.05, 0.1) is 5.39 Å². The molecule has 0 atom stereocenters. The van der Waals surface area contributed by atoms with Gasteiger partial charge in [-0.3, -0.25) is 15.0 Å². The molecule has 3 aromatic heterocycles. The van der Waals surface area contributed by atoms with Gasteiger partial charge in [-0.1, -0.05) is 36.4 Å². The molecule has 1 N–H and O–H groups in total. The highest BCUT2D eigenvalue weighted by Crippen LogP contribution is 2.33. The van der Waals surface area contributed by atoms with Gasteiger partial charge in [0.2, 0.25) is 0 Å². The molecule has 7 heteroatoms. The Morgan fingerprint density at radius 1 is 1.00 bits per heavy atom. The van der Waals surface area contributed by atoms with E-state index in [1.165, 1.54) is 17.7 Å². The quantitative estimate of drug-likeness (QED) is 0.474. The molecule has 1 amide bonds. The lowest BCUT2D eigenvalue weighted by atomic mass is 10.1. The average Bonchev–Trinajstić information content (AvgIpc) is 3.39. The molecular formula is C21H13N3O2S2. The fourth-order valence-corrected chi connectivity index (χ4v) is 4.85. The minimum absolute atomic E-state index is 0.288. The minimum Gasteiger partial charge on any atom is -0.267 e. The number of benzene rings is 2. The van der Waals surface area contributed by atoms with Crippen LogP contribution >= 0.6 is 22.7 Å². The van der Waals surface area contributed by atoms with E-state index in [0.29, 0.717) is 15.8 Å². The Morgan fingerprint density at radius 2 is 1.86 bits per heavy atom. The van der Waals surface area contributed by atoms with E-state index in [9.17, 15) is 9.59 Å². The molecule has 5 rings (SSSR count). The van der Waals surface area contributed by atoms with Crippen molar-refractivity contribution >= 4 is 49.6 Å². The number of nitrogens with zero attached hydrogens (tertiary/aromatic N) is 2. The number of hydrogen-bond donors (Lipinski definition) is 1. The van der Waals surface area contributed by atoms with Crippen molar-refractivity contribution in [2.24, 2.45) is 0 Å². The molecule has 0 bridgehead atoms. The molecule has 0 fully saturated rings. The molecule has 0 radical (unpaired) electrons. The second kappa shape index (κ2) is 6.70. The van der Waals surface area contributed by atoms with E-state index in [-0.39, 0.29) is 11.5 Å². The summed E-state index contributed by atoms with van der Waals surface area (Å²) in [4.78, 5) is 31.7. The third kappa shape index (κ3) is 2.81. The van der Waals surface area contributed by atoms with Crippen molar-refractivity contribution in [1.29, 1.82) is 0 Å². The molecule has 0 spiro atoms. The fourth-order valence-electron chi connectivity index (χ4n) is 3.13. The molecule has 0 aliphatic carbocycles. The third-order valence-electron chi connectivity index (χ3n) is 4.52. The lowest BCUT2D eigenvalue weighted by Crippen LogP contribution is -2.33. The first-order chi connectivity index (χ1) is 13.7. The van der Waals surface area contributed by atoms with Crippen molar-refractivity contribution < 1.29 is 4.79 Å². The van der Waals surface area contributed by atoms with Crippen LogP contribution in [0.2, 0.25) is 0 Å². The van der Waals surface area contributed by atoms with Crippen molar-refractivity contribution in [2.75, 3.05) is 5.43 Å². The summed E-state index contributed by atoms with van der Waals surface area (Å²) in [5.41, 5.74) is 3.70. The molecular weight excluding hydrogens is 390 g/mol. The Kier molecular flexibility index (Phi) is 4.03. The Balaban J connectivity index is 1.54. The van der Waals surface area contributed by atoms with Crippen LogP contribution in [0.25, 0.3) is 31.4 Å². The molecule has 5 nitrogen and oxygen atoms in total. The van der Waals surface area contributed by atoms with Crippen LogP contribution in [0.4, 0.5) is 0 Å². The zero-order chi connectivity index (χ0) is 19.1. The molecule has 0 saturated carbocycles. The topological polar surface area (TPSA) is 64.0 Å². The molecule has 3 heterocycles. The molecule has 136 valence electrons. The molecule has 28 heavy (non-hydrogen) atoms. The molecule has 0 unspecified atom stereocenters. The maximum Gasteiger partial charge on any atom is 0.281 e. The minimum atomic E-state index is -0.359. The van der Waals surface area contributed by atoms with Gasteiger partial charge in [0, 0.05) is 21.4 Å². The van der Waals surface area contributed by atoms with Crippen molar-refractivity contribution in [3.8, 4) is 10.4 Å². The SMILES string of the molecule is O=C(Nn1cnc2scc(-c3cccs3)c2c1=O)c1ccc2ccccc2c1. The van der Waals surface area contributed by atoms with E-state index < -0.39 is 0 Å². The smallest absolute Gasteiger partial charge is 0.267 e. The summed E-state index contributed by atoms with van der Waals surface area (Å²) in [6.07, 6.45) is 1.36. The largest absolute Gasteiger partial charge is 0.281 e. The number of fused-ring (bicyclic) bond motifs is 2. The van der Waals surface area contributed by atoms with Crippen molar-refractivity contribution in [3.05, 3.63) is 87.6 Å². The lowest BCUT2D eigenvalue weighted by Gasteiger charge is -2.09. The Morgan fingerprint density at radius 3 is 2.68 bits per heavy atom. The normalized spacial score (nSPS) is 11.1. The van der Waals surface area contributed by atoms with Crippen LogP contribution in [0.15, 0.2) is 76.5 Å². The molecule has 5 aromatic rings. The summed E-state index contributed by atoms with van der Waals surface area (Å²) in [6.45, 7) is 0. The van der Waals surface area contributed by atoms with Gasteiger partial charge < -0.3 is 0 Å². The van der Waals surface area contributed by atoms with Gasteiger partial charge >= 0.3 is 0 Å². The van der Waals surface area contributed by atoms with Crippen molar-refractivity contribution in [1.82, 2.24) is 9.66 Å². The summed E-state index contributed by atoms with van der Waals surface area (Å²) in [5, 5.41) is 6.44. The first-order valence-corrected chi connectivity index (χ1v) is 10.3. The number of hydrogen-bond acceptors (Lipinski definition) is 5. The monoisotopic (exact) mass is 403 g/mol. The average molecular weight is 403 g/mol. The number of carbonyl (C=O) groups is 1. The second-order valence-corrected chi connectivity index (χ2v) is 8.04. The van der Waals surface area contributed by atoms with Crippen LogP contribution in [0, 0.1) is 0 Å². The maximum absolute atomic E-state index is 13.0. The van der Waals surface area contributed by atoms with E-state index in [1.54, 1.807) is 17.4 Å². The zero-order valence-corrected chi connectivity index (χ0v) is 16.1. The highest BCUT2D eigenvalue weighted by molar-refractivity contribution is 7.18. The van der Waals surface area contributed by atoms with Gasteiger partial charge in [-0.15, -0.1) is 22.7 Å². The van der Waals surface area contributed by atoms with Crippen LogP contribution < -0.4 is 11.0 Å². The first kappa shape index (κ1) is 16.9.